The van der Waals surface area contributed by atoms with Crippen LogP contribution in [-0.2, 0) is 10.0 Å². The summed E-state index contributed by atoms with van der Waals surface area (Å²) in [7, 11) is -3.35. The topological polar surface area (TPSA) is 90.3 Å². The van der Waals surface area contributed by atoms with E-state index in [1.165, 1.54) is 0 Å². The van der Waals surface area contributed by atoms with Crippen molar-refractivity contribution in [3.63, 3.8) is 0 Å². The fraction of sp³-hybridized carbons (Fsp3) is 0.556. The molecule has 0 radical (unpaired) electrons. The first kappa shape index (κ1) is 19.3. The highest BCUT2D eigenvalue weighted by Gasteiger charge is 2.40. The number of rotatable bonds is 5. The number of nitrogens with one attached hydrogen (secondary N) is 1. The normalized spacial score (nSPS) is 19.9. The summed E-state index contributed by atoms with van der Waals surface area (Å²) in [4.78, 5) is 14.4. The lowest BCUT2D eigenvalue weighted by atomic mass is 9.77. The molecule has 25 heavy (non-hydrogen) atoms. The number of anilines is 1. The first-order chi connectivity index (χ1) is 11.7. The van der Waals surface area contributed by atoms with Gasteiger partial charge in [-0.1, -0.05) is 20.8 Å². The molecule has 1 atom stereocenters. The molecule has 1 aliphatic heterocycles. The summed E-state index contributed by atoms with van der Waals surface area (Å²) in [6.07, 6.45) is 2.31. The van der Waals surface area contributed by atoms with Crippen LogP contribution < -0.4 is 4.72 Å². The third-order valence-corrected chi connectivity index (χ3v) is 6.03. The zero-order valence-corrected chi connectivity index (χ0v) is 15.8. The molecule has 0 bridgehead atoms. The Morgan fingerprint density at radius 1 is 1.36 bits per heavy atom. The van der Waals surface area contributed by atoms with Gasteiger partial charge in [-0.25, -0.2) is 8.42 Å². The Labute approximate surface area is 149 Å². The number of benzene rings is 1. The summed E-state index contributed by atoms with van der Waals surface area (Å²) in [5.74, 6) is -0.136. The van der Waals surface area contributed by atoms with E-state index in [-0.39, 0.29) is 17.1 Å². The van der Waals surface area contributed by atoms with E-state index in [1.54, 1.807) is 36.1 Å². The molecule has 0 saturated carbocycles. The number of likely N-dealkylation sites (tertiary alicyclic amines) is 1. The molecule has 1 aliphatic rings. The van der Waals surface area contributed by atoms with Crippen molar-refractivity contribution in [2.75, 3.05) is 17.0 Å². The van der Waals surface area contributed by atoms with E-state index >= 15 is 0 Å². The van der Waals surface area contributed by atoms with Crippen LogP contribution in [0.25, 0.3) is 0 Å². The van der Waals surface area contributed by atoms with E-state index in [4.69, 9.17) is 0 Å². The highest BCUT2D eigenvalue weighted by molar-refractivity contribution is 7.92. The smallest absolute Gasteiger partial charge is 0.254 e. The molecule has 1 fully saturated rings. The number of carbonyl (C=O) groups excluding carboxylic acids is 1. The molecule has 1 aromatic rings. The van der Waals surface area contributed by atoms with Gasteiger partial charge >= 0.3 is 0 Å². The average molecular weight is 363 g/mol. The highest BCUT2D eigenvalue weighted by Crippen LogP contribution is 2.35. The molecule has 1 saturated heterocycles. The molecule has 0 aliphatic carbocycles. The highest BCUT2D eigenvalue weighted by atomic mass is 32.2. The quantitative estimate of drug-likeness (QED) is 0.871. The van der Waals surface area contributed by atoms with Crippen LogP contribution in [0, 0.1) is 16.7 Å². The summed E-state index contributed by atoms with van der Waals surface area (Å²) in [5.41, 5.74) is 0.649. The number of piperidine rings is 1. The van der Waals surface area contributed by atoms with Crippen LogP contribution in [-0.4, -0.2) is 37.6 Å². The van der Waals surface area contributed by atoms with E-state index in [1.807, 2.05) is 13.8 Å². The first-order valence-corrected chi connectivity index (χ1v) is 10.2. The lowest BCUT2D eigenvalue weighted by Gasteiger charge is -2.42. The average Bonchev–Trinajstić information content (AvgIpc) is 2.53. The van der Waals surface area contributed by atoms with Crippen LogP contribution in [0.15, 0.2) is 24.3 Å². The predicted octanol–water partition coefficient (Wildman–Crippen LogP) is 2.99. The molecular weight excluding hydrogens is 338 g/mol. The van der Waals surface area contributed by atoms with Crippen molar-refractivity contribution < 1.29 is 13.2 Å². The maximum absolute atomic E-state index is 12.8. The summed E-state index contributed by atoms with van der Waals surface area (Å²) in [6.45, 7) is 6.37. The minimum absolute atomic E-state index is 0.0559. The Kier molecular flexibility index (Phi) is 5.73. The lowest BCUT2D eigenvalue weighted by Crippen LogP contribution is -2.51. The van der Waals surface area contributed by atoms with Gasteiger partial charge in [-0.05, 0) is 48.9 Å². The zero-order chi connectivity index (χ0) is 18.7. The van der Waals surface area contributed by atoms with Crippen LogP contribution >= 0.6 is 0 Å². The predicted molar refractivity (Wildman–Crippen MR) is 97.6 cm³/mol. The van der Waals surface area contributed by atoms with Gasteiger partial charge < -0.3 is 4.90 Å². The largest absolute Gasteiger partial charge is 0.322 e. The van der Waals surface area contributed by atoms with E-state index in [9.17, 15) is 18.5 Å². The molecule has 6 nitrogen and oxygen atoms in total. The van der Waals surface area contributed by atoms with Gasteiger partial charge in [0.25, 0.3) is 5.91 Å². The fourth-order valence-electron chi connectivity index (χ4n) is 3.20. The summed E-state index contributed by atoms with van der Waals surface area (Å²) in [6, 6.07) is 8.16. The third-order valence-electron chi connectivity index (χ3n) is 4.53. The SMILES string of the molecule is CCCS(=O)(=O)Nc1ccc(C(=O)N2CCCC(C)(C)C2C#N)cc1. The zero-order valence-electron chi connectivity index (χ0n) is 14.9. The molecule has 7 heteroatoms. The molecule has 1 heterocycles. The molecule has 136 valence electrons. The Hall–Kier alpha value is -2.07. The molecule has 1 unspecified atom stereocenters. The monoisotopic (exact) mass is 363 g/mol. The number of nitrogens with zero attached hydrogens (tertiary/aromatic N) is 2. The van der Waals surface area contributed by atoms with Gasteiger partial charge in [0.2, 0.25) is 10.0 Å². The molecule has 1 N–H and O–H groups in total. The number of sulfonamides is 1. The maximum Gasteiger partial charge on any atom is 0.254 e. The van der Waals surface area contributed by atoms with Crippen molar-refractivity contribution in [2.45, 2.75) is 46.1 Å². The number of carbonyl (C=O) groups is 1. The van der Waals surface area contributed by atoms with E-state index in [2.05, 4.69) is 10.8 Å². The second kappa shape index (κ2) is 7.44. The number of hydrogen-bond donors (Lipinski definition) is 1. The number of amides is 1. The fourth-order valence-corrected chi connectivity index (χ4v) is 4.34. The van der Waals surface area contributed by atoms with Crippen molar-refractivity contribution in [1.82, 2.24) is 4.90 Å². The standard InChI is InChI=1S/C18H25N3O3S/c1-4-12-25(23,24)20-15-8-6-14(7-9-15)17(22)21-11-5-10-18(2,3)16(21)13-19/h6-9,16,20H,4-5,10-12H2,1-3H3. The first-order valence-electron chi connectivity index (χ1n) is 8.51. The minimum Gasteiger partial charge on any atom is -0.322 e. The maximum atomic E-state index is 12.8. The van der Waals surface area contributed by atoms with Gasteiger partial charge in [0.1, 0.15) is 6.04 Å². The summed E-state index contributed by atoms with van der Waals surface area (Å²) < 4.78 is 26.1. The van der Waals surface area contributed by atoms with Crippen molar-refractivity contribution in [3.8, 4) is 6.07 Å². The van der Waals surface area contributed by atoms with E-state index < -0.39 is 16.1 Å². The second-order valence-electron chi connectivity index (χ2n) is 7.12. The van der Waals surface area contributed by atoms with Gasteiger partial charge in [0.05, 0.1) is 11.8 Å². The minimum atomic E-state index is -3.35. The van der Waals surface area contributed by atoms with E-state index in [0.717, 1.165) is 12.8 Å². The van der Waals surface area contributed by atoms with Crippen molar-refractivity contribution >= 4 is 21.6 Å². The van der Waals surface area contributed by atoms with Gasteiger partial charge in [-0.2, -0.15) is 5.26 Å². The second-order valence-corrected chi connectivity index (χ2v) is 8.96. The number of hydrogen-bond acceptors (Lipinski definition) is 4. The molecule has 0 spiro atoms. The van der Waals surface area contributed by atoms with Crippen molar-refractivity contribution in [3.05, 3.63) is 29.8 Å². The Morgan fingerprint density at radius 2 is 2.00 bits per heavy atom. The molecular formula is C18H25N3O3S. The van der Waals surface area contributed by atoms with Gasteiger partial charge in [-0.3, -0.25) is 9.52 Å². The Morgan fingerprint density at radius 3 is 2.56 bits per heavy atom. The molecule has 1 aromatic carbocycles. The van der Waals surface area contributed by atoms with Gasteiger partial charge in [-0.15, -0.1) is 0 Å². The lowest BCUT2D eigenvalue weighted by molar-refractivity contribution is 0.0438. The van der Waals surface area contributed by atoms with Gasteiger partial charge in [0.15, 0.2) is 0 Å². The van der Waals surface area contributed by atoms with Gasteiger partial charge in [0, 0.05) is 17.8 Å². The van der Waals surface area contributed by atoms with Crippen molar-refractivity contribution in [1.29, 1.82) is 5.26 Å². The van der Waals surface area contributed by atoms with E-state index in [0.29, 0.717) is 24.2 Å². The number of nitriles is 1. The van der Waals surface area contributed by atoms with Crippen LogP contribution in [0.2, 0.25) is 0 Å². The molecule has 1 amide bonds. The summed E-state index contributed by atoms with van der Waals surface area (Å²) in [5, 5.41) is 9.49. The van der Waals surface area contributed by atoms with Crippen LogP contribution in [0.5, 0.6) is 0 Å². The van der Waals surface area contributed by atoms with Crippen LogP contribution in [0.4, 0.5) is 5.69 Å². The van der Waals surface area contributed by atoms with Crippen LogP contribution in [0.1, 0.15) is 50.4 Å². The Bertz CT molecular complexity index is 764. The molecule has 2 rings (SSSR count). The van der Waals surface area contributed by atoms with Crippen LogP contribution in [0.3, 0.4) is 0 Å². The molecule has 0 aromatic heterocycles. The third kappa shape index (κ3) is 4.51. The summed E-state index contributed by atoms with van der Waals surface area (Å²) >= 11 is 0. The Balaban J connectivity index is 2.16. The van der Waals surface area contributed by atoms with Crippen molar-refractivity contribution in [2.24, 2.45) is 5.41 Å².